The fourth-order valence-corrected chi connectivity index (χ4v) is 2.33. The molecule has 0 saturated carbocycles. The normalized spacial score (nSPS) is 12.0. The van der Waals surface area contributed by atoms with Crippen LogP contribution in [0, 0.1) is 0 Å². The van der Waals surface area contributed by atoms with Crippen molar-refractivity contribution in [2.24, 2.45) is 4.99 Å². The molecule has 0 fully saturated rings. The van der Waals surface area contributed by atoms with Gasteiger partial charge in [0.15, 0.2) is 5.96 Å². The minimum Gasteiger partial charge on any atom is -0.372 e. The van der Waals surface area contributed by atoms with Crippen LogP contribution >= 0.6 is 0 Å². The topological polar surface area (TPSA) is 66.0 Å². The third-order valence-corrected chi connectivity index (χ3v) is 3.61. The number of rotatable bonds is 10. The maximum Gasteiger partial charge on any atom is 0.411 e. The minimum atomic E-state index is -4.30. The molecule has 0 atom stereocenters. The Labute approximate surface area is 164 Å². The maximum atomic E-state index is 12.0. The summed E-state index contributed by atoms with van der Waals surface area (Å²) in [6, 6.07) is 7.46. The molecule has 2 N–H and O–H groups in total. The van der Waals surface area contributed by atoms with Gasteiger partial charge >= 0.3 is 6.18 Å². The van der Waals surface area contributed by atoms with Crippen molar-refractivity contribution in [3.8, 4) is 0 Å². The van der Waals surface area contributed by atoms with Crippen molar-refractivity contribution in [1.82, 2.24) is 15.5 Å². The number of benzene rings is 1. The van der Waals surface area contributed by atoms with Crippen LogP contribution in [0.5, 0.6) is 0 Å². The molecular formula is C19H29F3N4O2. The van der Waals surface area contributed by atoms with Gasteiger partial charge < -0.3 is 20.3 Å². The van der Waals surface area contributed by atoms with E-state index in [1.165, 1.54) is 4.90 Å². The Balaban J connectivity index is 2.42. The van der Waals surface area contributed by atoms with Gasteiger partial charge in [-0.15, -0.1) is 0 Å². The average Bonchev–Trinajstić information content (AvgIpc) is 2.63. The number of nitrogens with zero attached hydrogens (tertiary/aromatic N) is 2. The number of halogens is 3. The fraction of sp³-hybridized carbons (Fsp3) is 0.579. The zero-order valence-electron chi connectivity index (χ0n) is 16.6. The minimum absolute atomic E-state index is 0.00904. The number of nitrogens with one attached hydrogen (secondary N) is 2. The van der Waals surface area contributed by atoms with Crippen molar-refractivity contribution >= 4 is 11.9 Å². The number of ether oxygens (including phenoxy) is 1. The second-order valence-corrected chi connectivity index (χ2v) is 6.36. The lowest BCUT2D eigenvalue weighted by atomic mass is 10.1. The summed E-state index contributed by atoms with van der Waals surface area (Å²) in [6.07, 6.45) is -3.19. The van der Waals surface area contributed by atoms with E-state index in [-0.39, 0.29) is 12.5 Å². The van der Waals surface area contributed by atoms with Gasteiger partial charge in [0, 0.05) is 45.9 Å². The van der Waals surface area contributed by atoms with E-state index in [4.69, 9.17) is 0 Å². The van der Waals surface area contributed by atoms with Crippen molar-refractivity contribution in [2.75, 3.05) is 46.9 Å². The Morgan fingerprint density at radius 3 is 2.64 bits per heavy atom. The first-order valence-corrected chi connectivity index (χ1v) is 9.20. The molecule has 0 radical (unpaired) electrons. The van der Waals surface area contributed by atoms with E-state index < -0.39 is 12.8 Å². The lowest BCUT2D eigenvalue weighted by molar-refractivity contribution is -0.173. The fourth-order valence-electron chi connectivity index (χ4n) is 2.33. The molecule has 0 aliphatic rings. The molecule has 0 aromatic heterocycles. The highest BCUT2D eigenvalue weighted by Gasteiger charge is 2.27. The number of carbonyl (C=O) groups excluding carboxylic acids is 1. The number of guanidine groups is 1. The molecule has 0 bridgehead atoms. The molecule has 28 heavy (non-hydrogen) atoms. The van der Waals surface area contributed by atoms with E-state index in [0.717, 1.165) is 5.56 Å². The Hall–Kier alpha value is -2.29. The number of alkyl halides is 3. The van der Waals surface area contributed by atoms with Gasteiger partial charge in [0.2, 0.25) is 0 Å². The Bertz CT molecular complexity index is 634. The highest BCUT2D eigenvalue weighted by Crippen LogP contribution is 2.14. The quantitative estimate of drug-likeness (QED) is 0.359. The zero-order chi connectivity index (χ0) is 21.0. The van der Waals surface area contributed by atoms with Crippen LogP contribution in [-0.2, 0) is 11.2 Å². The highest BCUT2D eigenvalue weighted by atomic mass is 19.4. The van der Waals surface area contributed by atoms with Crippen molar-refractivity contribution in [3.63, 3.8) is 0 Å². The number of hydrogen-bond donors (Lipinski definition) is 2. The monoisotopic (exact) mass is 402 g/mol. The molecule has 0 aliphatic heterocycles. The second kappa shape index (κ2) is 12.2. The summed E-state index contributed by atoms with van der Waals surface area (Å²) in [4.78, 5) is 17.9. The van der Waals surface area contributed by atoms with E-state index in [9.17, 15) is 18.0 Å². The average molecular weight is 402 g/mol. The van der Waals surface area contributed by atoms with Crippen LogP contribution in [0.3, 0.4) is 0 Å². The molecule has 0 unspecified atom stereocenters. The van der Waals surface area contributed by atoms with Gasteiger partial charge in [-0.25, -0.2) is 0 Å². The molecule has 6 nitrogen and oxygen atoms in total. The van der Waals surface area contributed by atoms with Crippen LogP contribution in [0.2, 0.25) is 0 Å². The van der Waals surface area contributed by atoms with E-state index in [2.05, 4.69) is 20.4 Å². The van der Waals surface area contributed by atoms with Crippen LogP contribution in [0.1, 0.15) is 29.3 Å². The maximum absolute atomic E-state index is 12.0. The highest BCUT2D eigenvalue weighted by molar-refractivity contribution is 5.94. The Morgan fingerprint density at radius 1 is 1.25 bits per heavy atom. The first-order chi connectivity index (χ1) is 13.2. The third-order valence-electron chi connectivity index (χ3n) is 3.61. The van der Waals surface area contributed by atoms with Crippen molar-refractivity contribution in [3.05, 3.63) is 35.4 Å². The van der Waals surface area contributed by atoms with Crippen molar-refractivity contribution < 1.29 is 22.7 Å². The van der Waals surface area contributed by atoms with Crippen molar-refractivity contribution in [2.45, 2.75) is 25.9 Å². The largest absolute Gasteiger partial charge is 0.411 e. The summed E-state index contributed by atoms with van der Waals surface area (Å²) in [6.45, 7) is 2.35. The lowest BCUT2D eigenvalue weighted by Gasteiger charge is -2.13. The van der Waals surface area contributed by atoms with Crippen LogP contribution in [0.4, 0.5) is 13.2 Å². The first-order valence-electron chi connectivity index (χ1n) is 9.20. The summed E-state index contributed by atoms with van der Waals surface area (Å²) < 4.78 is 40.5. The van der Waals surface area contributed by atoms with Crippen LogP contribution < -0.4 is 10.6 Å². The van der Waals surface area contributed by atoms with Gasteiger partial charge in [0.1, 0.15) is 6.61 Å². The number of aliphatic imine (C=N–C) groups is 1. The Morgan fingerprint density at radius 2 is 2.00 bits per heavy atom. The molecule has 1 rings (SSSR count). The SMILES string of the molecule is CCNC(=NCCCOCC(F)(F)F)NCCc1cccc(C(=O)N(C)C)c1. The number of hydrogen-bond acceptors (Lipinski definition) is 3. The smallest absolute Gasteiger partial charge is 0.372 e. The predicted octanol–water partition coefficient (Wildman–Crippen LogP) is 2.46. The number of carbonyl (C=O) groups is 1. The van der Waals surface area contributed by atoms with Gasteiger partial charge in [-0.3, -0.25) is 9.79 Å². The summed E-state index contributed by atoms with van der Waals surface area (Å²) in [7, 11) is 3.42. The lowest BCUT2D eigenvalue weighted by Crippen LogP contribution is -2.38. The summed E-state index contributed by atoms with van der Waals surface area (Å²) in [5.74, 6) is 0.552. The van der Waals surface area contributed by atoms with E-state index in [1.807, 2.05) is 25.1 Å². The second-order valence-electron chi connectivity index (χ2n) is 6.36. The van der Waals surface area contributed by atoms with Gasteiger partial charge in [0.25, 0.3) is 5.91 Å². The Kier molecular flexibility index (Phi) is 10.4. The molecule has 1 amide bonds. The summed E-state index contributed by atoms with van der Waals surface area (Å²) in [5, 5.41) is 6.26. The molecule has 158 valence electrons. The van der Waals surface area contributed by atoms with Crippen LogP contribution in [-0.4, -0.2) is 69.9 Å². The molecular weight excluding hydrogens is 373 g/mol. The molecule has 0 spiro atoms. The molecule has 9 heteroatoms. The van der Waals surface area contributed by atoms with Crippen LogP contribution in [0.25, 0.3) is 0 Å². The van der Waals surface area contributed by atoms with E-state index in [1.54, 1.807) is 20.2 Å². The predicted molar refractivity (Wildman–Crippen MR) is 104 cm³/mol. The first kappa shape index (κ1) is 23.7. The molecule has 1 aromatic rings. The zero-order valence-corrected chi connectivity index (χ0v) is 16.6. The molecule has 0 aliphatic carbocycles. The molecule has 0 heterocycles. The molecule has 1 aromatic carbocycles. The van der Waals surface area contributed by atoms with Gasteiger partial charge in [-0.2, -0.15) is 13.2 Å². The van der Waals surface area contributed by atoms with Crippen LogP contribution in [0.15, 0.2) is 29.3 Å². The molecule has 0 saturated heterocycles. The summed E-state index contributed by atoms with van der Waals surface area (Å²) >= 11 is 0. The van der Waals surface area contributed by atoms with E-state index >= 15 is 0 Å². The van der Waals surface area contributed by atoms with Gasteiger partial charge in [-0.1, -0.05) is 12.1 Å². The van der Waals surface area contributed by atoms with Crippen molar-refractivity contribution in [1.29, 1.82) is 0 Å². The van der Waals surface area contributed by atoms with E-state index in [0.29, 0.717) is 44.0 Å². The van der Waals surface area contributed by atoms with Gasteiger partial charge in [0.05, 0.1) is 0 Å². The number of amides is 1. The standard InChI is InChI=1S/C19H29F3N4O2/c1-4-23-18(24-10-6-12-28-14-19(20,21)22)25-11-9-15-7-5-8-16(13-15)17(27)26(2)3/h5,7-8,13H,4,6,9-12,14H2,1-3H3,(H2,23,24,25). The van der Waals surface area contributed by atoms with Gasteiger partial charge in [-0.05, 0) is 37.5 Å². The third kappa shape index (κ3) is 10.1. The summed E-state index contributed by atoms with van der Waals surface area (Å²) in [5.41, 5.74) is 1.67.